The zero-order valence-corrected chi connectivity index (χ0v) is 17.6. The summed E-state index contributed by atoms with van der Waals surface area (Å²) in [5.74, 6) is 0.224. The van der Waals surface area contributed by atoms with E-state index in [-0.39, 0.29) is 43.1 Å². The van der Waals surface area contributed by atoms with Crippen molar-refractivity contribution >= 4 is 23.2 Å². The Balaban J connectivity index is 1.74. The van der Waals surface area contributed by atoms with E-state index in [4.69, 9.17) is 10.4 Å². The second-order valence-electron chi connectivity index (χ2n) is 7.48. The van der Waals surface area contributed by atoms with Crippen LogP contribution in [0.1, 0.15) is 31.0 Å². The molecule has 1 aromatic rings. The zero-order valence-electron chi connectivity index (χ0n) is 17.6. The van der Waals surface area contributed by atoms with E-state index in [1.165, 1.54) is 17.3 Å². The smallest absolute Gasteiger partial charge is 0.245 e. The van der Waals surface area contributed by atoms with Crippen LogP contribution in [0.4, 0.5) is 5.69 Å². The SMILES string of the molecule is C[C@H](Nc1cc(C2=NC=C(NC(=O)C3CC3)NC2)cnc1C#N)C(=O)N(CC#N)CCO. The summed E-state index contributed by atoms with van der Waals surface area (Å²) in [6.45, 7) is 1.59. The number of nitrogens with zero attached hydrogens (tertiary/aromatic N) is 5. The number of hydrogen-bond donors (Lipinski definition) is 4. The van der Waals surface area contributed by atoms with E-state index in [0.29, 0.717) is 29.3 Å². The van der Waals surface area contributed by atoms with E-state index in [1.807, 2.05) is 12.1 Å². The summed E-state index contributed by atoms with van der Waals surface area (Å²) in [7, 11) is 0. The zero-order chi connectivity index (χ0) is 23.1. The maximum Gasteiger partial charge on any atom is 0.245 e. The molecule has 166 valence electrons. The van der Waals surface area contributed by atoms with Gasteiger partial charge in [0, 0.05) is 24.2 Å². The Morgan fingerprint density at radius 2 is 2.19 bits per heavy atom. The standard InChI is InChI=1S/C21H24N8O3/c1-13(21(32)29(5-4-22)6-7-30)27-16-8-15(10-24-17(16)9-23)18-11-26-19(12-25-18)28-20(31)14-2-3-14/h8,10,12-14,26-27,30H,2-3,5-7,11H2,1H3,(H,28,31)/t13-/m0/s1. The molecule has 11 nitrogen and oxygen atoms in total. The minimum Gasteiger partial charge on any atom is -0.395 e. The molecule has 1 aliphatic heterocycles. The highest BCUT2D eigenvalue weighted by Crippen LogP contribution is 2.29. The lowest BCUT2D eigenvalue weighted by Gasteiger charge is -2.24. The summed E-state index contributed by atoms with van der Waals surface area (Å²) < 4.78 is 0. The van der Waals surface area contributed by atoms with E-state index in [9.17, 15) is 14.9 Å². The number of nitrogens with one attached hydrogen (secondary N) is 3. The van der Waals surface area contributed by atoms with Gasteiger partial charge >= 0.3 is 0 Å². The first-order chi connectivity index (χ1) is 15.5. The summed E-state index contributed by atoms with van der Waals surface area (Å²) in [5, 5.41) is 36.3. The lowest BCUT2D eigenvalue weighted by Crippen LogP contribution is -2.43. The maximum absolute atomic E-state index is 12.6. The predicted molar refractivity (Wildman–Crippen MR) is 115 cm³/mol. The molecule has 4 N–H and O–H groups in total. The predicted octanol–water partition coefficient (Wildman–Crippen LogP) is -0.184. The first-order valence-electron chi connectivity index (χ1n) is 10.2. The van der Waals surface area contributed by atoms with Crippen molar-refractivity contribution in [1.82, 2.24) is 20.5 Å². The molecule has 0 spiro atoms. The largest absolute Gasteiger partial charge is 0.395 e. The Morgan fingerprint density at radius 1 is 1.41 bits per heavy atom. The molecule has 3 rings (SSSR count). The normalized spacial score (nSPS) is 15.8. The molecule has 0 radical (unpaired) electrons. The third kappa shape index (κ3) is 5.59. The molecule has 1 saturated carbocycles. The van der Waals surface area contributed by atoms with Crippen LogP contribution in [0.25, 0.3) is 0 Å². The average molecular weight is 436 g/mol. The number of aromatic nitrogens is 1. The van der Waals surface area contributed by atoms with Crippen molar-refractivity contribution in [1.29, 1.82) is 10.5 Å². The van der Waals surface area contributed by atoms with Crippen molar-refractivity contribution in [2.75, 3.05) is 31.6 Å². The fraction of sp³-hybridized carbons (Fsp3) is 0.429. The van der Waals surface area contributed by atoms with Crippen molar-refractivity contribution in [3.63, 3.8) is 0 Å². The summed E-state index contributed by atoms with van der Waals surface area (Å²) in [4.78, 5) is 34.3. The highest BCUT2D eigenvalue weighted by molar-refractivity contribution is 6.03. The lowest BCUT2D eigenvalue weighted by atomic mass is 10.1. The van der Waals surface area contributed by atoms with E-state index in [1.54, 1.807) is 13.0 Å². The van der Waals surface area contributed by atoms with Crippen LogP contribution in [0.5, 0.6) is 0 Å². The molecule has 2 amide bonds. The fourth-order valence-electron chi connectivity index (χ4n) is 3.11. The number of aliphatic hydroxyl groups is 1. The number of carbonyl (C=O) groups is 2. The van der Waals surface area contributed by atoms with Gasteiger partial charge in [0.2, 0.25) is 11.8 Å². The quantitative estimate of drug-likeness (QED) is 0.387. The minimum absolute atomic E-state index is 0.0146. The number of aliphatic hydroxyl groups excluding tert-OH is 1. The minimum atomic E-state index is -0.755. The topological polar surface area (TPSA) is 167 Å². The van der Waals surface area contributed by atoms with Gasteiger partial charge in [-0.25, -0.2) is 4.98 Å². The number of aliphatic imine (C=N–C) groups is 1. The third-order valence-electron chi connectivity index (χ3n) is 5.01. The van der Waals surface area contributed by atoms with E-state index < -0.39 is 6.04 Å². The van der Waals surface area contributed by atoms with Crippen molar-refractivity contribution in [2.45, 2.75) is 25.8 Å². The number of pyridine rings is 1. The number of hydrogen-bond acceptors (Lipinski definition) is 9. The Labute approximate surface area is 185 Å². The Morgan fingerprint density at radius 3 is 2.78 bits per heavy atom. The van der Waals surface area contributed by atoms with Crippen LogP contribution >= 0.6 is 0 Å². The second kappa shape index (κ2) is 10.4. The molecule has 0 unspecified atom stereocenters. The number of carbonyl (C=O) groups excluding carboxylic acids is 2. The summed E-state index contributed by atoms with van der Waals surface area (Å²) in [6.07, 6.45) is 4.88. The van der Waals surface area contributed by atoms with Crippen molar-refractivity contribution in [2.24, 2.45) is 10.9 Å². The van der Waals surface area contributed by atoms with Crippen LogP contribution in [-0.4, -0.2) is 64.8 Å². The third-order valence-corrected chi connectivity index (χ3v) is 5.01. The van der Waals surface area contributed by atoms with Crippen LogP contribution in [0.2, 0.25) is 0 Å². The van der Waals surface area contributed by atoms with Crippen LogP contribution in [0.3, 0.4) is 0 Å². The molecule has 11 heteroatoms. The van der Waals surface area contributed by atoms with Gasteiger partial charge in [-0.05, 0) is 25.8 Å². The molecule has 0 saturated heterocycles. The van der Waals surface area contributed by atoms with Crippen molar-refractivity contribution < 1.29 is 14.7 Å². The highest BCUT2D eigenvalue weighted by Gasteiger charge is 2.30. The molecule has 1 aliphatic carbocycles. The van der Waals surface area contributed by atoms with Gasteiger partial charge in [-0.2, -0.15) is 10.5 Å². The van der Waals surface area contributed by atoms with Gasteiger partial charge in [-0.15, -0.1) is 0 Å². The molecule has 1 atom stereocenters. The maximum atomic E-state index is 12.6. The van der Waals surface area contributed by atoms with Crippen LogP contribution in [-0.2, 0) is 9.59 Å². The second-order valence-corrected chi connectivity index (χ2v) is 7.48. The van der Waals surface area contributed by atoms with E-state index >= 15 is 0 Å². The summed E-state index contributed by atoms with van der Waals surface area (Å²) in [5.41, 5.74) is 1.76. The average Bonchev–Trinajstić information content (AvgIpc) is 3.64. The van der Waals surface area contributed by atoms with Gasteiger partial charge in [0.05, 0.1) is 36.8 Å². The Kier molecular flexibility index (Phi) is 7.37. The van der Waals surface area contributed by atoms with Crippen LogP contribution in [0, 0.1) is 28.6 Å². The Bertz CT molecular complexity index is 1030. The molecule has 32 heavy (non-hydrogen) atoms. The first-order valence-corrected chi connectivity index (χ1v) is 10.2. The molecule has 1 fully saturated rings. The van der Waals surface area contributed by atoms with Gasteiger partial charge in [0.15, 0.2) is 5.69 Å². The molecule has 2 aliphatic rings. The fourth-order valence-corrected chi connectivity index (χ4v) is 3.11. The molecule has 1 aromatic heterocycles. The van der Waals surface area contributed by atoms with Gasteiger partial charge in [-0.1, -0.05) is 0 Å². The number of rotatable bonds is 9. The molecule has 0 aromatic carbocycles. The van der Waals surface area contributed by atoms with Crippen LogP contribution < -0.4 is 16.0 Å². The van der Waals surface area contributed by atoms with Gasteiger partial charge in [-0.3, -0.25) is 14.6 Å². The van der Waals surface area contributed by atoms with Gasteiger partial charge in [0.25, 0.3) is 0 Å². The number of anilines is 1. The molecular formula is C21H24N8O3. The van der Waals surface area contributed by atoms with Crippen molar-refractivity contribution in [3.8, 4) is 12.1 Å². The monoisotopic (exact) mass is 436 g/mol. The Hall–Kier alpha value is -3.96. The number of amides is 2. The van der Waals surface area contributed by atoms with Crippen LogP contribution in [0.15, 0.2) is 29.3 Å². The van der Waals surface area contributed by atoms with E-state index in [2.05, 4.69) is 25.9 Å². The van der Waals surface area contributed by atoms with Gasteiger partial charge in [0.1, 0.15) is 24.5 Å². The number of nitriles is 2. The molecule has 0 bridgehead atoms. The molecular weight excluding hydrogens is 412 g/mol. The van der Waals surface area contributed by atoms with Gasteiger partial charge < -0.3 is 26.0 Å². The van der Waals surface area contributed by atoms with E-state index in [0.717, 1.165) is 12.8 Å². The lowest BCUT2D eigenvalue weighted by molar-refractivity contribution is -0.131. The molecule has 2 heterocycles. The first kappa shape index (κ1) is 22.7. The highest BCUT2D eigenvalue weighted by atomic mass is 16.3. The summed E-state index contributed by atoms with van der Waals surface area (Å²) in [6, 6.07) is 4.81. The summed E-state index contributed by atoms with van der Waals surface area (Å²) >= 11 is 0. The van der Waals surface area contributed by atoms with Crippen molar-refractivity contribution in [3.05, 3.63) is 35.5 Å².